The normalized spacial score (nSPS) is 23.3. The van der Waals surface area contributed by atoms with Gasteiger partial charge in [-0.3, -0.25) is 4.90 Å². The lowest BCUT2D eigenvalue weighted by Gasteiger charge is -2.45. The first kappa shape index (κ1) is 22.9. The first-order valence-corrected chi connectivity index (χ1v) is 11.4. The summed E-state index contributed by atoms with van der Waals surface area (Å²) in [5.74, 6) is 1.43. The van der Waals surface area contributed by atoms with Crippen LogP contribution in [-0.4, -0.2) is 74.4 Å². The predicted octanol–water partition coefficient (Wildman–Crippen LogP) is 3.42. The van der Waals surface area contributed by atoms with Gasteiger partial charge in [0.2, 0.25) is 0 Å². The number of likely N-dealkylation sites (tertiary alicyclic amines) is 1. The highest BCUT2D eigenvalue weighted by atomic mass is 16.5. The minimum atomic E-state index is -0.0424. The van der Waals surface area contributed by atoms with Crippen molar-refractivity contribution in [3.8, 4) is 0 Å². The third-order valence-electron chi connectivity index (χ3n) is 6.48. The van der Waals surface area contributed by atoms with Crippen molar-refractivity contribution in [2.45, 2.75) is 46.2 Å². The maximum atomic E-state index is 12.7. The Morgan fingerprint density at radius 1 is 1.13 bits per heavy atom. The summed E-state index contributed by atoms with van der Waals surface area (Å²) in [6, 6.07) is 8.52. The van der Waals surface area contributed by atoms with E-state index in [1.54, 1.807) is 4.90 Å². The van der Waals surface area contributed by atoms with Crippen molar-refractivity contribution in [3.63, 3.8) is 0 Å². The minimum Gasteiger partial charge on any atom is -0.378 e. The molecule has 0 saturated carbocycles. The topological polar surface area (TPSA) is 48.1 Å². The zero-order valence-electron chi connectivity index (χ0n) is 19.5. The number of carbonyl (C=O) groups excluding carboxylic acids is 1. The van der Waals surface area contributed by atoms with Gasteiger partial charge in [0.25, 0.3) is 0 Å². The van der Waals surface area contributed by atoms with Gasteiger partial charge >= 0.3 is 6.03 Å². The summed E-state index contributed by atoms with van der Waals surface area (Å²) < 4.78 is 5.42. The zero-order chi connectivity index (χ0) is 21.7. The minimum absolute atomic E-state index is 0.0153. The molecule has 6 nitrogen and oxygen atoms in total. The molecule has 1 aromatic carbocycles. The first-order chi connectivity index (χ1) is 14.2. The molecule has 168 valence electrons. The quantitative estimate of drug-likeness (QED) is 0.772. The number of benzene rings is 1. The number of nitrogens with zero attached hydrogens (tertiary/aromatic N) is 3. The van der Waals surface area contributed by atoms with Gasteiger partial charge in [0, 0.05) is 57.5 Å². The van der Waals surface area contributed by atoms with Crippen LogP contribution >= 0.6 is 0 Å². The van der Waals surface area contributed by atoms with Gasteiger partial charge in [-0.25, -0.2) is 4.79 Å². The summed E-state index contributed by atoms with van der Waals surface area (Å²) in [6.07, 6.45) is 1.30. The number of urea groups is 1. The molecule has 0 spiro atoms. The Bertz CT molecular complexity index is 675. The number of carbonyl (C=O) groups is 1. The van der Waals surface area contributed by atoms with Crippen molar-refractivity contribution >= 4 is 11.7 Å². The Balaban J connectivity index is 1.48. The fourth-order valence-corrected chi connectivity index (χ4v) is 4.68. The second kappa shape index (κ2) is 10.0. The number of hydrogen-bond donors (Lipinski definition) is 1. The molecule has 2 amide bonds. The van der Waals surface area contributed by atoms with E-state index in [1.807, 2.05) is 7.05 Å². The van der Waals surface area contributed by atoms with Gasteiger partial charge in [0.15, 0.2) is 0 Å². The highest BCUT2D eigenvalue weighted by Gasteiger charge is 2.33. The molecule has 2 saturated heterocycles. The summed E-state index contributed by atoms with van der Waals surface area (Å²) in [6.45, 7) is 16.1. The third kappa shape index (κ3) is 6.11. The molecular weight excluding hydrogens is 376 g/mol. The van der Waals surface area contributed by atoms with Gasteiger partial charge in [0.05, 0.1) is 13.2 Å². The number of hydrogen-bond acceptors (Lipinski definition) is 4. The Kier molecular flexibility index (Phi) is 7.64. The van der Waals surface area contributed by atoms with Crippen molar-refractivity contribution < 1.29 is 9.53 Å². The Morgan fingerprint density at radius 2 is 1.73 bits per heavy atom. The summed E-state index contributed by atoms with van der Waals surface area (Å²) in [4.78, 5) is 19.3. The molecule has 2 unspecified atom stereocenters. The Labute approximate surface area is 182 Å². The van der Waals surface area contributed by atoms with Crippen molar-refractivity contribution in [1.29, 1.82) is 0 Å². The van der Waals surface area contributed by atoms with Crippen LogP contribution in [0.2, 0.25) is 0 Å². The number of rotatable bonds is 6. The molecule has 0 radical (unpaired) electrons. The van der Waals surface area contributed by atoms with Crippen LogP contribution in [0.25, 0.3) is 0 Å². The predicted molar refractivity (Wildman–Crippen MR) is 123 cm³/mol. The van der Waals surface area contributed by atoms with Gasteiger partial charge in [-0.2, -0.15) is 0 Å². The fraction of sp³-hybridized carbons (Fsp3) is 0.708. The number of piperidine rings is 1. The Morgan fingerprint density at radius 3 is 2.33 bits per heavy atom. The lowest BCUT2D eigenvalue weighted by atomic mass is 9.88. The monoisotopic (exact) mass is 416 g/mol. The fourth-order valence-electron chi connectivity index (χ4n) is 4.68. The van der Waals surface area contributed by atoms with Crippen LogP contribution in [0, 0.1) is 11.8 Å². The highest BCUT2D eigenvalue weighted by molar-refractivity contribution is 5.74. The van der Waals surface area contributed by atoms with Crippen LogP contribution in [0.3, 0.4) is 0 Å². The van der Waals surface area contributed by atoms with Crippen LogP contribution in [0.15, 0.2) is 24.3 Å². The molecule has 1 aromatic rings. The maximum Gasteiger partial charge on any atom is 0.317 e. The average molecular weight is 417 g/mol. The molecule has 2 atom stereocenters. The summed E-state index contributed by atoms with van der Waals surface area (Å²) >= 11 is 0. The van der Waals surface area contributed by atoms with Gasteiger partial charge in [0.1, 0.15) is 0 Å². The van der Waals surface area contributed by atoms with E-state index in [4.69, 9.17) is 4.74 Å². The molecule has 2 fully saturated rings. The summed E-state index contributed by atoms with van der Waals surface area (Å²) in [5.41, 5.74) is 2.32. The smallest absolute Gasteiger partial charge is 0.317 e. The van der Waals surface area contributed by atoms with Gasteiger partial charge in [-0.05, 0) is 49.8 Å². The van der Waals surface area contributed by atoms with Gasteiger partial charge in [-0.1, -0.05) is 26.0 Å². The first-order valence-electron chi connectivity index (χ1n) is 11.4. The maximum absolute atomic E-state index is 12.7. The third-order valence-corrected chi connectivity index (χ3v) is 6.48. The van der Waals surface area contributed by atoms with Crippen LogP contribution < -0.4 is 10.2 Å². The van der Waals surface area contributed by atoms with E-state index in [1.165, 1.54) is 12.1 Å². The van der Waals surface area contributed by atoms with Crippen LogP contribution in [-0.2, 0) is 11.3 Å². The molecule has 3 rings (SSSR count). The van der Waals surface area contributed by atoms with E-state index in [0.717, 1.165) is 45.0 Å². The van der Waals surface area contributed by atoms with E-state index in [0.29, 0.717) is 24.9 Å². The molecule has 0 aromatic heterocycles. The number of amides is 2. The summed E-state index contributed by atoms with van der Waals surface area (Å²) in [7, 11) is 1.86. The van der Waals surface area contributed by atoms with Crippen LogP contribution in [0.4, 0.5) is 10.5 Å². The highest BCUT2D eigenvalue weighted by Crippen LogP contribution is 2.27. The van der Waals surface area contributed by atoms with E-state index in [-0.39, 0.29) is 11.6 Å². The molecule has 1 N–H and O–H groups in total. The second-order valence-electron chi connectivity index (χ2n) is 9.94. The van der Waals surface area contributed by atoms with Crippen molar-refractivity contribution in [2.24, 2.45) is 11.8 Å². The Hall–Kier alpha value is -1.79. The van der Waals surface area contributed by atoms with Crippen molar-refractivity contribution in [2.75, 3.05) is 57.9 Å². The zero-order valence-corrected chi connectivity index (χ0v) is 19.5. The number of ether oxygens (including phenoxy) is 1. The number of morpholine rings is 1. The molecule has 2 aliphatic heterocycles. The lowest BCUT2D eigenvalue weighted by molar-refractivity contribution is 0.0465. The second-order valence-corrected chi connectivity index (χ2v) is 9.94. The largest absolute Gasteiger partial charge is 0.378 e. The molecular formula is C24H40N4O2. The molecule has 0 aliphatic carbocycles. The van der Waals surface area contributed by atoms with Crippen molar-refractivity contribution in [3.05, 3.63) is 29.8 Å². The number of nitrogens with one attached hydrogen (secondary N) is 1. The van der Waals surface area contributed by atoms with Crippen LogP contribution in [0.1, 0.15) is 39.7 Å². The lowest BCUT2D eigenvalue weighted by Crippen LogP contribution is -2.57. The van der Waals surface area contributed by atoms with E-state index >= 15 is 0 Å². The molecule has 30 heavy (non-hydrogen) atoms. The van der Waals surface area contributed by atoms with Crippen molar-refractivity contribution in [1.82, 2.24) is 15.1 Å². The summed E-state index contributed by atoms with van der Waals surface area (Å²) in [5, 5.41) is 3.16. The average Bonchev–Trinajstić information content (AvgIpc) is 2.72. The van der Waals surface area contributed by atoms with E-state index < -0.39 is 0 Å². The standard InChI is InChI=1S/C24H40N4O2/c1-19-14-20(2)16-28(15-19)24(3,4)18-25-23(29)26(5)17-21-6-8-22(9-7-21)27-10-12-30-13-11-27/h6-9,19-20H,10-18H2,1-5H3,(H,25,29). The molecule has 6 heteroatoms. The molecule has 2 aliphatic rings. The molecule has 2 heterocycles. The SMILES string of the molecule is CC1CC(C)CN(C(C)(C)CNC(=O)N(C)Cc2ccc(N3CCOCC3)cc2)C1. The van der Waals surface area contributed by atoms with Crippen LogP contribution in [0.5, 0.6) is 0 Å². The van der Waals surface area contributed by atoms with E-state index in [2.05, 4.69) is 67.1 Å². The van der Waals surface area contributed by atoms with Gasteiger partial charge in [-0.15, -0.1) is 0 Å². The van der Waals surface area contributed by atoms with Gasteiger partial charge < -0.3 is 19.9 Å². The molecule has 0 bridgehead atoms. The van der Waals surface area contributed by atoms with E-state index in [9.17, 15) is 4.79 Å². The number of anilines is 1.